The molecule has 3 aromatic rings. The number of ether oxygens (including phenoxy) is 1. The van der Waals surface area contributed by atoms with Gasteiger partial charge in [0, 0.05) is 61.2 Å². The van der Waals surface area contributed by atoms with Gasteiger partial charge in [-0.15, -0.1) is 0 Å². The van der Waals surface area contributed by atoms with Crippen LogP contribution in [0.5, 0.6) is 0 Å². The van der Waals surface area contributed by atoms with Gasteiger partial charge in [0.05, 0.1) is 11.6 Å². The number of nitrogens with one attached hydrogen (secondary N) is 1. The van der Waals surface area contributed by atoms with E-state index >= 15 is 0 Å². The minimum atomic E-state index is -0.155. The Balaban J connectivity index is 1.91. The van der Waals surface area contributed by atoms with Crippen molar-refractivity contribution in [3.8, 4) is 6.07 Å². The first-order chi connectivity index (χ1) is 15.4. The Hall–Kier alpha value is -3.37. The summed E-state index contributed by atoms with van der Waals surface area (Å²) in [6, 6.07) is 10.5. The summed E-state index contributed by atoms with van der Waals surface area (Å²) in [5.41, 5.74) is 3.70. The average molecular weight is 432 g/mol. The first-order valence-electron chi connectivity index (χ1n) is 11.1. The monoisotopic (exact) mass is 431 g/mol. The molecule has 0 unspecified atom stereocenters. The molecule has 0 bridgehead atoms. The van der Waals surface area contributed by atoms with Crippen molar-refractivity contribution in [1.82, 2.24) is 9.97 Å². The van der Waals surface area contributed by atoms with Crippen LogP contribution in [-0.4, -0.2) is 42.8 Å². The van der Waals surface area contributed by atoms with Crippen LogP contribution in [0.1, 0.15) is 36.6 Å². The van der Waals surface area contributed by atoms with E-state index in [-0.39, 0.29) is 5.56 Å². The van der Waals surface area contributed by atoms with E-state index in [9.17, 15) is 10.1 Å². The van der Waals surface area contributed by atoms with Gasteiger partial charge in [0.15, 0.2) is 0 Å². The number of hydrogen-bond acceptors (Lipinski definition) is 6. The number of benzene rings is 1. The molecule has 2 aromatic heterocycles. The fraction of sp³-hybridized carbons (Fsp3) is 0.400. The normalized spacial score (nSPS) is 14.3. The van der Waals surface area contributed by atoms with Crippen LogP contribution in [0.15, 0.2) is 35.3 Å². The number of aryl methyl sites for hydroxylation is 2. The van der Waals surface area contributed by atoms with Crippen LogP contribution >= 0.6 is 0 Å². The van der Waals surface area contributed by atoms with Crippen LogP contribution in [0.25, 0.3) is 10.8 Å². The van der Waals surface area contributed by atoms with Crippen molar-refractivity contribution in [2.45, 2.75) is 39.7 Å². The van der Waals surface area contributed by atoms with Crippen LogP contribution < -0.4 is 15.4 Å². The van der Waals surface area contributed by atoms with Crippen molar-refractivity contribution in [3.63, 3.8) is 0 Å². The molecule has 166 valence electrons. The van der Waals surface area contributed by atoms with Gasteiger partial charge in [0.1, 0.15) is 11.5 Å². The smallest absolute Gasteiger partial charge is 0.272 e. The van der Waals surface area contributed by atoms with Gasteiger partial charge in [-0.25, -0.2) is 4.98 Å². The predicted molar refractivity (Wildman–Crippen MR) is 128 cm³/mol. The third-order valence-electron chi connectivity index (χ3n) is 6.23. The molecular formula is C25H29N5O2. The predicted octanol–water partition coefficient (Wildman–Crippen LogP) is 4.18. The number of rotatable bonds is 5. The van der Waals surface area contributed by atoms with Gasteiger partial charge in [-0.05, 0) is 63.4 Å². The van der Waals surface area contributed by atoms with E-state index in [0.29, 0.717) is 23.1 Å². The number of aromatic amines is 1. The number of hydrogen-bond donors (Lipinski definition) is 1. The van der Waals surface area contributed by atoms with Crippen LogP contribution in [0.3, 0.4) is 0 Å². The highest BCUT2D eigenvalue weighted by Crippen LogP contribution is 2.37. The summed E-state index contributed by atoms with van der Waals surface area (Å²) < 4.78 is 5.56. The lowest BCUT2D eigenvalue weighted by Crippen LogP contribution is -2.39. The number of anilines is 3. The molecule has 1 aliphatic heterocycles. The minimum absolute atomic E-state index is 0.155. The summed E-state index contributed by atoms with van der Waals surface area (Å²) >= 11 is 0. The second-order valence-electron chi connectivity index (χ2n) is 8.34. The zero-order valence-electron chi connectivity index (χ0n) is 19.1. The summed E-state index contributed by atoms with van der Waals surface area (Å²) in [5, 5.41) is 11.7. The summed E-state index contributed by atoms with van der Waals surface area (Å²) in [6.07, 6.45) is 3.70. The largest absolute Gasteiger partial charge is 0.381 e. The summed E-state index contributed by atoms with van der Waals surface area (Å²) in [5.74, 6) is 0.654. The molecule has 0 amide bonds. The lowest BCUT2D eigenvalue weighted by Gasteiger charge is -2.36. The maximum atomic E-state index is 12.8. The van der Waals surface area contributed by atoms with Crippen LogP contribution in [0.4, 0.5) is 17.2 Å². The lowest BCUT2D eigenvalue weighted by atomic mass is 10.0. The number of fused-ring (bicyclic) bond motifs is 1. The Bertz CT molecular complexity index is 1240. The second kappa shape index (κ2) is 9.01. The van der Waals surface area contributed by atoms with Crippen molar-refractivity contribution < 1.29 is 4.74 Å². The first kappa shape index (κ1) is 21.8. The van der Waals surface area contributed by atoms with E-state index in [1.54, 1.807) is 6.20 Å². The Morgan fingerprint density at radius 1 is 1.22 bits per heavy atom. The van der Waals surface area contributed by atoms with Crippen LogP contribution in [-0.2, 0) is 4.74 Å². The van der Waals surface area contributed by atoms with Crippen molar-refractivity contribution in [2.24, 2.45) is 0 Å². The van der Waals surface area contributed by atoms with E-state index < -0.39 is 0 Å². The quantitative estimate of drug-likeness (QED) is 0.652. The maximum absolute atomic E-state index is 12.8. The molecule has 0 atom stereocenters. The van der Waals surface area contributed by atoms with Crippen molar-refractivity contribution >= 4 is 28.0 Å². The molecule has 1 aromatic carbocycles. The molecule has 0 spiro atoms. The molecule has 4 rings (SSSR count). The standard InChI is InChI=1S/C25H29N5O2/c1-5-30(19-7-10-32-11-8-19)22-14-18(15-26)13-21-20(22)6-9-27-24(21)29(4)23-16(2)12-17(3)28-25(23)31/h6,9,12-14,19H,5,7-8,10-11H2,1-4H3,(H,28,31). The molecule has 7 nitrogen and oxygen atoms in total. The second-order valence-corrected chi connectivity index (χ2v) is 8.34. The average Bonchev–Trinajstić information content (AvgIpc) is 2.79. The highest BCUT2D eigenvalue weighted by Gasteiger charge is 2.24. The molecule has 1 aliphatic rings. The van der Waals surface area contributed by atoms with Gasteiger partial charge < -0.3 is 19.5 Å². The van der Waals surface area contributed by atoms with E-state index in [1.807, 2.05) is 50.1 Å². The first-order valence-corrected chi connectivity index (χ1v) is 11.1. The van der Waals surface area contributed by atoms with E-state index in [2.05, 4.69) is 27.9 Å². The number of pyridine rings is 2. The Morgan fingerprint density at radius 3 is 2.62 bits per heavy atom. The lowest BCUT2D eigenvalue weighted by molar-refractivity contribution is 0.0847. The molecule has 1 saturated heterocycles. The fourth-order valence-corrected chi connectivity index (χ4v) is 4.81. The molecular weight excluding hydrogens is 402 g/mol. The van der Waals surface area contributed by atoms with Gasteiger partial charge in [0.25, 0.3) is 5.56 Å². The van der Waals surface area contributed by atoms with Crippen LogP contribution in [0.2, 0.25) is 0 Å². The van der Waals surface area contributed by atoms with Crippen molar-refractivity contribution in [1.29, 1.82) is 5.26 Å². The third-order valence-corrected chi connectivity index (χ3v) is 6.23. The summed E-state index contributed by atoms with van der Waals surface area (Å²) in [4.78, 5) is 24.5. The molecule has 1 N–H and O–H groups in total. The van der Waals surface area contributed by atoms with Crippen molar-refractivity contribution in [3.05, 3.63) is 57.6 Å². The highest BCUT2D eigenvalue weighted by atomic mass is 16.5. The molecule has 0 saturated carbocycles. The Labute approximate surface area is 188 Å². The van der Waals surface area contributed by atoms with E-state index in [4.69, 9.17) is 4.74 Å². The van der Waals surface area contributed by atoms with Gasteiger partial charge >= 0.3 is 0 Å². The van der Waals surface area contributed by atoms with E-state index in [1.165, 1.54) is 0 Å². The maximum Gasteiger partial charge on any atom is 0.272 e. The summed E-state index contributed by atoms with van der Waals surface area (Å²) in [7, 11) is 1.85. The topological polar surface area (TPSA) is 85.3 Å². The number of aromatic nitrogens is 2. The van der Waals surface area contributed by atoms with Gasteiger partial charge in [-0.2, -0.15) is 5.26 Å². The number of nitrogens with zero attached hydrogens (tertiary/aromatic N) is 4. The molecule has 32 heavy (non-hydrogen) atoms. The van der Waals surface area contributed by atoms with E-state index in [0.717, 1.165) is 60.3 Å². The van der Waals surface area contributed by atoms with Gasteiger partial charge in [0.2, 0.25) is 0 Å². The zero-order chi connectivity index (χ0) is 22.8. The molecule has 1 fully saturated rings. The number of H-pyrrole nitrogens is 1. The Kier molecular flexibility index (Phi) is 6.15. The molecule has 7 heteroatoms. The molecule has 0 radical (unpaired) electrons. The SMILES string of the molecule is CCN(c1cc(C#N)cc2c(N(C)c3c(C)cc(C)[nH]c3=O)nccc12)C1CCOCC1. The van der Waals surface area contributed by atoms with Crippen LogP contribution in [0, 0.1) is 25.2 Å². The third kappa shape index (κ3) is 3.94. The zero-order valence-corrected chi connectivity index (χ0v) is 19.1. The van der Waals surface area contributed by atoms with Gasteiger partial charge in [-0.3, -0.25) is 4.79 Å². The fourth-order valence-electron chi connectivity index (χ4n) is 4.81. The minimum Gasteiger partial charge on any atom is -0.381 e. The Morgan fingerprint density at radius 2 is 1.97 bits per heavy atom. The molecule has 3 heterocycles. The number of nitriles is 1. The molecule has 0 aliphatic carbocycles. The van der Waals surface area contributed by atoms with Crippen molar-refractivity contribution in [2.75, 3.05) is 36.6 Å². The van der Waals surface area contributed by atoms with Gasteiger partial charge in [-0.1, -0.05) is 0 Å². The highest BCUT2D eigenvalue weighted by molar-refractivity contribution is 6.02. The summed E-state index contributed by atoms with van der Waals surface area (Å²) in [6.45, 7) is 8.28.